The Kier molecular flexibility index (Phi) is 11.1. The highest BCUT2D eigenvalue weighted by atomic mass is 32.2. The molecule has 1 aliphatic rings. The summed E-state index contributed by atoms with van der Waals surface area (Å²) in [7, 11) is 0. The zero-order valence-electron chi connectivity index (χ0n) is 26.8. The maximum Gasteiger partial charge on any atom is 0.411 e. The quantitative estimate of drug-likeness (QED) is 0.250. The average Bonchev–Trinajstić information content (AvgIpc) is 3.34. The number of hydrogen-bond donors (Lipinski definition) is 4. The van der Waals surface area contributed by atoms with Gasteiger partial charge in [0.2, 0.25) is 5.91 Å². The van der Waals surface area contributed by atoms with Crippen molar-refractivity contribution in [3.05, 3.63) is 102 Å². The van der Waals surface area contributed by atoms with E-state index in [1.165, 1.54) is 22.7 Å². The lowest BCUT2D eigenvalue weighted by atomic mass is 9.96. The zero-order valence-corrected chi connectivity index (χ0v) is 27.6. The van der Waals surface area contributed by atoms with Crippen LogP contribution in [0.25, 0.3) is 0 Å². The number of ether oxygens (including phenoxy) is 1. The summed E-state index contributed by atoms with van der Waals surface area (Å²) in [6.07, 6.45) is -2.27. The van der Waals surface area contributed by atoms with Crippen LogP contribution in [-0.2, 0) is 27.4 Å². The highest BCUT2D eigenvalue weighted by molar-refractivity contribution is 8.00. The number of nitrogens with one attached hydrogen (secondary N) is 3. The first kappa shape index (κ1) is 34.5. The van der Waals surface area contributed by atoms with Crippen molar-refractivity contribution in [2.75, 3.05) is 11.2 Å². The third kappa shape index (κ3) is 9.11. The molecule has 244 valence electrons. The normalized spacial score (nSPS) is 17.0. The van der Waals surface area contributed by atoms with Crippen LogP contribution in [0.1, 0.15) is 56.1 Å². The number of benzene rings is 3. The van der Waals surface area contributed by atoms with Gasteiger partial charge in [-0.15, -0.1) is 11.8 Å². The zero-order chi connectivity index (χ0) is 33.5. The molecule has 1 saturated heterocycles. The van der Waals surface area contributed by atoms with Crippen molar-refractivity contribution in [3.63, 3.8) is 0 Å². The molecule has 1 aliphatic heterocycles. The van der Waals surface area contributed by atoms with Gasteiger partial charge in [0.15, 0.2) is 6.10 Å². The van der Waals surface area contributed by atoms with Crippen molar-refractivity contribution < 1.29 is 29.0 Å². The number of amides is 4. The standard InChI is InChI=1S/C35H42N4O6S/c1-34(2,3)38-31(42)29-35(4,5)46-22-39(29)32(43)28(40)27(20-23-14-8-6-9-15-23)36-30(41)25-18-12-13-19-26(25)37-33(44)45-21-24-16-10-7-11-17-24/h6-19,27-29,40H,20-22H2,1-5H3,(H,36,41)(H,37,44)(H,38,42)/t27-,28-,29+/m0/s1. The fourth-order valence-corrected chi connectivity index (χ4v) is 6.35. The van der Waals surface area contributed by atoms with Crippen molar-refractivity contribution in [1.82, 2.24) is 15.5 Å². The van der Waals surface area contributed by atoms with Gasteiger partial charge in [-0.05, 0) is 64.3 Å². The molecule has 3 aromatic carbocycles. The van der Waals surface area contributed by atoms with Crippen LogP contribution in [0.15, 0.2) is 84.9 Å². The van der Waals surface area contributed by atoms with Crippen LogP contribution >= 0.6 is 11.8 Å². The van der Waals surface area contributed by atoms with Crippen LogP contribution in [0.3, 0.4) is 0 Å². The minimum absolute atomic E-state index is 0.0504. The number of aliphatic hydroxyl groups is 1. The van der Waals surface area contributed by atoms with Crippen molar-refractivity contribution in [2.24, 2.45) is 0 Å². The van der Waals surface area contributed by atoms with Gasteiger partial charge in [-0.1, -0.05) is 72.8 Å². The highest BCUT2D eigenvalue weighted by Gasteiger charge is 2.50. The Balaban J connectivity index is 1.54. The maximum absolute atomic E-state index is 13.9. The van der Waals surface area contributed by atoms with Crippen molar-refractivity contribution >= 4 is 41.3 Å². The summed E-state index contributed by atoms with van der Waals surface area (Å²) in [6, 6.07) is 22.9. The van der Waals surface area contributed by atoms with Crippen LogP contribution in [0.5, 0.6) is 0 Å². The monoisotopic (exact) mass is 646 g/mol. The van der Waals surface area contributed by atoms with E-state index >= 15 is 0 Å². The SMILES string of the molecule is CC(C)(C)NC(=O)[C@H]1N(C(=O)[C@@H](O)[C@H](Cc2ccccc2)NC(=O)c2ccccc2NC(=O)OCc2ccccc2)CSC1(C)C. The molecule has 3 aromatic rings. The fraction of sp³-hybridized carbons (Fsp3) is 0.371. The molecule has 4 amide bonds. The second kappa shape index (κ2) is 14.8. The van der Waals surface area contributed by atoms with E-state index in [0.29, 0.717) is 0 Å². The van der Waals surface area contributed by atoms with Gasteiger partial charge in [-0.3, -0.25) is 19.7 Å². The minimum atomic E-state index is -1.67. The molecule has 0 unspecified atom stereocenters. The summed E-state index contributed by atoms with van der Waals surface area (Å²) in [4.78, 5) is 55.0. The summed E-state index contributed by atoms with van der Waals surface area (Å²) in [6.45, 7) is 9.42. The van der Waals surface area contributed by atoms with Gasteiger partial charge in [-0.2, -0.15) is 0 Å². The van der Waals surface area contributed by atoms with Gasteiger partial charge in [0.1, 0.15) is 12.6 Å². The Bertz CT molecular complexity index is 1530. The van der Waals surface area contributed by atoms with Gasteiger partial charge in [0.05, 0.1) is 23.2 Å². The molecule has 11 heteroatoms. The molecular formula is C35H42N4O6S. The minimum Gasteiger partial charge on any atom is -0.444 e. The second-order valence-electron chi connectivity index (χ2n) is 12.8. The summed E-state index contributed by atoms with van der Waals surface area (Å²) >= 11 is 1.45. The number of rotatable bonds is 10. The topological polar surface area (TPSA) is 137 Å². The number of aliphatic hydroxyl groups excluding tert-OH is 1. The molecule has 4 rings (SSSR count). The first-order chi connectivity index (χ1) is 21.7. The molecule has 1 heterocycles. The van der Waals surface area contributed by atoms with Crippen LogP contribution in [-0.4, -0.2) is 68.2 Å². The Hall–Kier alpha value is -4.35. The van der Waals surface area contributed by atoms with Crippen LogP contribution < -0.4 is 16.0 Å². The maximum atomic E-state index is 13.9. The third-order valence-corrected chi connectivity index (χ3v) is 8.82. The van der Waals surface area contributed by atoms with Crippen LogP contribution in [0.2, 0.25) is 0 Å². The molecule has 0 bridgehead atoms. The van der Waals surface area contributed by atoms with E-state index in [1.807, 2.05) is 95.3 Å². The van der Waals surface area contributed by atoms with Gasteiger partial charge in [0.25, 0.3) is 11.8 Å². The van der Waals surface area contributed by atoms with E-state index in [-0.39, 0.29) is 36.1 Å². The van der Waals surface area contributed by atoms with Crippen molar-refractivity contribution in [2.45, 2.75) is 76.1 Å². The average molecular weight is 647 g/mol. The molecule has 0 saturated carbocycles. The second-order valence-corrected chi connectivity index (χ2v) is 14.4. The van der Waals surface area contributed by atoms with Crippen LogP contribution in [0, 0.1) is 0 Å². The Morgan fingerprint density at radius 2 is 1.52 bits per heavy atom. The molecule has 4 N–H and O–H groups in total. The predicted octanol–water partition coefficient (Wildman–Crippen LogP) is 4.73. The van der Waals surface area contributed by atoms with E-state index in [1.54, 1.807) is 18.2 Å². The van der Waals surface area contributed by atoms with Gasteiger partial charge >= 0.3 is 6.09 Å². The van der Waals surface area contributed by atoms with Crippen LogP contribution in [0.4, 0.5) is 10.5 Å². The molecule has 0 radical (unpaired) electrons. The van der Waals surface area contributed by atoms with E-state index in [4.69, 9.17) is 4.74 Å². The van der Waals surface area contributed by atoms with E-state index < -0.39 is 46.4 Å². The van der Waals surface area contributed by atoms with Crippen molar-refractivity contribution in [1.29, 1.82) is 0 Å². The van der Waals surface area contributed by atoms with Gasteiger partial charge in [-0.25, -0.2) is 4.79 Å². The first-order valence-corrected chi connectivity index (χ1v) is 16.1. The molecule has 0 spiro atoms. The molecule has 1 fully saturated rings. The lowest BCUT2D eigenvalue weighted by molar-refractivity contribution is -0.147. The lowest BCUT2D eigenvalue weighted by Gasteiger charge is -2.35. The number of hydrogen-bond acceptors (Lipinski definition) is 7. The van der Waals surface area contributed by atoms with Gasteiger partial charge < -0.3 is 25.4 Å². The van der Waals surface area contributed by atoms with E-state index in [0.717, 1.165) is 11.1 Å². The number of para-hydroxylation sites is 1. The summed E-state index contributed by atoms with van der Waals surface area (Å²) in [5.41, 5.74) is 1.40. The Labute approximate surface area is 274 Å². The summed E-state index contributed by atoms with van der Waals surface area (Å²) in [5, 5.41) is 20.0. The van der Waals surface area contributed by atoms with E-state index in [2.05, 4.69) is 16.0 Å². The van der Waals surface area contributed by atoms with Crippen molar-refractivity contribution in [3.8, 4) is 0 Å². The molecule has 3 atom stereocenters. The molecule has 10 nitrogen and oxygen atoms in total. The Morgan fingerprint density at radius 1 is 0.935 bits per heavy atom. The summed E-state index contributed by atoms with van der Waals surface area (Å²) < 4.78 is 4.71. The lowest BCUT2D eigenvalue weighted by Crippen LogP contribution is -2.60. The molecular weight excluding hydrogens is 604 g/mol. The number of carbonyl (C=O) groups excluding carboxylic acids is 4. The third-order valence-electron chi connectivity index (χ3n) is 7.45. The fourth-order valence-electron chi connectivity index (χ4n) is 5.21. The number of anilines is 1. The number of carbonyl (C=O) groups is 4. The first-order valence-electron chi connectivity index (χ1n) is 15.1. The smallest absolute Gasteiger partial charge is 0.411 e. The van der Waals surface area contributed by atoms with E-state index in [9.17, 15) is 24.3 Å². The Morgan fingerprint density at radius 3 is 2.15 bits per heavy atom. The summed E-state index contributed by atoms with van der Waals surface area (Å²) in [5.74, 6) is -1.38. The highest BCUT2D eigenvalue weighted by Crippen LogP contribution is 2.40. The molecule has 0 aliphatic carbocycles. The predicted molar refractivity (Wildman–Crippen MR) is 179 cm³/mol. The van der Waals surface area contributed by atoms with Gasteiger partial charge in [0, 0.05) is 10.3 Å². The number of nitrogens with zero attached hydrogens (tertiary/aromatic N) is 1. The molecule has 46 heavy (non-hydrogen) atoms. The number of thioether (sulfide) groups is 1. The largest absolute Gasteiger partial charge is 0.444 e. The molecule has 0 aromatic heterocycles.